The molecule has 0 saturated heterocycles. The predicted octanol–water partition coefficient (Wildman–Crippen LogP) is 9.49. The normalized spacial score (nSPS) is 11.1. The monoisotopic (exact) mass is 483 g/mol. The van der Waals surface area contributed by atoms with Crippen LogP contribution in [0.25, 0.3) is 0 Å². The molecule has 0 aliphatic heterocycles. The summed E-state index contributed by atoms with van der Waals surface area (Å²) in [6.07, 6.45) is 14.5. The summed E-state index contributed by atoms with van der Waals surface area (Å²) < 4.78 is 12.0. The SMILES string of the molecule is CCCCCCCCOc1ccc(N=Nc2ccc([N+](=O)[O-])cc2)c(OCCCCCCCC)c1. The Morgan fingerprint density at radius 3 is 1.89 bits per heavy atom. The zero-order chi connectivity index (χ0) is 25.1. The number of azo groups is 1. The second-order valence-electron chi connectivity index (χ2n) is 8.84. The molecule has 0 bridgehead atoms. The number of nitrogens with zero attached hydrogens (tertiary/aromatic N) is 3. The first-order valence-electron chi connectivity index (χ1n) is 13.2. The van der Waals surface area contributed by atoms with Gasteiger partial charge in [-0.15, -0.1) is 5.11 Å². The number of benzene rings is 2. The number of hydrogen-bond acceptors (Lipinski definition) is 6. The van der Waals surface area contributed by atoms with Crippen molar-refractivity contribution in [3.05, 3.63) is 52.6 Å². The maximum Gasteiger partial charge on any atom is 0.269 e. The second-order valence-corrected chi connectivity index (χ2v) is 8.84. The Hall–Kier alpha value is -2.96. The summed E-state index contributed by atoms with van der Waals surface area (Å²) in [6.45, 7) is 5.75. The molecule has 0 aliphatic carbocycles. The van der Waals surface area contributed by atoms with Crippen LogP contribution in [0.2, 0.25) is 0 Å². The van der Waals surface area contributed by atoms with Gasteiger partial charge in [0.2, 0.25) is 0 Å². The minimum absolute atomic E-state index is 0.0266. The Balaban J connectivity index is 1.97. The molecule has 2 rings (SSSR count). The Kier molecular flexibility index (Phi) is 14.1. The van der Waals surface area contributed by atoms with E-state index in [4.69, 9.17) is 9.47 Å². The lowest BCUT2D eigenvalue weighted by Crippen LogP contribution is -2.00. The minimum Gasteiger partial charge on any atom is -0.493 e. The maximum atomic E-state index is 10.8. The fourth-order valence-electron chi connectivity index (χ4n) is 3.67. The molecule has 0 unspecified atom stereocenters. The van der Waals surface area contributed by atoms with Gasteiger partial charge in [0.05, 0.1) is 23.8 Å². The molecule has 0 atom stereocenters. The molecule has 0 fully saturated rings. The third-order valence-corrected chi connectivity index (χ3v) is 5.79. The lowest BCUT2D eigenvalue weighted by molar-refractivity contribution is -0.384. The van der Waals surface area contributed by atoms with E-state index in [-0.39, 0.29) is 5.69 Å². The van der Waals surface area contributed by atoms with Gasteiger partial charge in [-0.2, -0.15) is 5.11 Å². The van der Waals surface area contributed by atoms with Crippen LogP contribution in [-0.2, 0) is 0 Å². The number of ether oxygens (including phenoxy) is 2. The molecule has 0 aliphatic rings. The van der Waals surface area contributed by atoms with Crippen molar-refractivity contribution in [1.29, 1.82) is 0 Å². The van der Waals surface area contributed by atoms with Crippen LogP contribution in [0, 0.1) is 10.1 Å². The molecule has 7 nitrogen and oxygen atoms in total. The van der Waals surface area contributed by atoms with Crippen molar-refractivity contribution in [1.82, 2.24) is 0 Å². The van der Waals surface area contributed by atoms with Crippen LogP contribution in [0.3, 0.4) is 0 Å². The topological polar surface area (TPSA) is 86.3 Å². The van der Waals surface area contributed by atoms with Crippen LogP contribution in [-0.4, -0.2) is 18.1 Å². The Labute approximate surface area is 210 Å². The van der Waals surface area contributed by atoms with E-state index in [0.29, 0.717) is 30.3 Å². The predicted molar refractivity (Wildman–Crippen MR) is 141 cm³/mol. The summed E-state index contributed by atoms with van der Waals surface area (Å²) in [5.74, 6) is 1.41. The number of nitro groups is 1. The molecule has 0 heterocycles. The summed E-state index contributed by atoms with van der Waals surface area (Å²) >= 11 is 0. The minimum atomic E-state index is -0.431. The standard InChI is InChI=1S/C28H41N3O4/c1-3-5-7-9-11-13-21-34-26-19-20-27(28(23-26)35-22-14-12-10-8-6-4-2)30-29-24-15-17-25(18-16-24)31(32)33/h15-20,23H,3-14,21-22H2,1-2H3. The summed E-state index contributed by atoms with van der Waals surface area (Å²) in [5.41, 5.74) is 1.18. The van der Waals surface area contributed by atoms with Gasteiger partial charge in [0.1, 0.15) is 17.2 Å². The highest BCUT2D eigenvalue weighted by molar-refractivity contribution is 5.55. The van der Waals surface area contributed by atoms with E-state index in [1.54, 1.807) is 12.1 Å². The molecule has 0 spiro atoms. The number of rotatable bonds is 19. The average Bonchev–Trinajstić information content (AvgIpc) is 2.87. The van der Waals surface area contributed by atoms with Crippen LogP contribution in [0.5, 0.6) is 11.5 Å². The highest BCUT2D eigenvalue weighted by Gasteiger charge is 2.08. The van der Waals surface area contributed by atoms with Crippen molar-refractivity contribution >= 4 is 17.1 Å². The van der Waals surface area contributed by atoms with Crippen molar-refractivity contribution in [3.63, 3.8) is 0 Å². The van der Waals surface area contributed by atoms with Gasteiger partial charge in [0, 0.05) is 18.2 Å². The van der Waals surface area contributed by atoms with Gasteiger partial charge >= 0.3 is 0 Å². The lowest BCUT2D eigenvalue weighted by Gasteiger charge is -2.12. The molecular weight excluding hydrogens is 442 g/mol. The fourth-order valence-corrected chi connectivity index (χ4v) is 3.67. The van der Waals surface area contributed by atoms with Crippen LogP contribution >= 0.6 is 0 Å². The molecule has 192 valence electrons. The first kappa shape index (κ1) is 28.3. The van der Waals surface area contributed by atoms with Gasteiger partial charge in [-0.25, -0.2) is 0 Å². The maximum absolute atomic E-state index is 10.8. The number of nitro benzene ring substituents is 1. The van der Waals surface area contributed by atoms with E-state index >= 15 is 0 Å². The molecule has 0 saturated carbocycles. The first-order valence-corrected chi connectivity index (χ1v) is 13.2. The summed E-state index contributed by atoms with van der Waals surface area (Å²) in [5, 5.41) is 19.4. The van der Waals surface area contributed by atoms with Crippen LogP contribution in [0.15, 0.2) is 52.7 Å². The quantitative estimate of drug-likeness (QED) is 0.0861. The number of hydrogen-bond donors (Lipinski definition) is 0. The lowest BCUT2D eigenvalue weighted by atomic mass is 10.1. The van der Waals surface area contributed by atoms with Crippen LogP contribution in [0.1, 0.15) is 90.9 Å². The zero-order valence-electron chi connectivity index (χ0n) is 21.4. The van der Waals surface area contributed by atoms with E-state index in [2.05, 4.69) is 24.1 Å². The third-order valence-electron chi connectivity index (χ3n) is 5.79. The van der Waals surface area contributed by atoms with E-state index in [0.717, 1.165) is 25.0 Å². The molecule has 0 amide bonds. The van der Waals surface area contributed by atoms with Gasteiger partial charge in [0.25, 0.3) is 5.69 Å². The molecule has 35 heavy (non-hydrogen) atoms. The van der Waals surface area contributed by atoms with Crippen molar-refractivity contribution in [3.8, 4) is 11.5 Å². The first-order chi connectivity index (χ1) is 17.1. The molecule has 0 aromatic heterocycles. The van der Waals surface area contributed by atoms with E-state index < -0.39 is 4.92 Å². The average molecular weight is 484 g/mol. The van der Waals surface area contributed by atoms with E-state index in [9.17, 15) is 10.1 Å². The summed E-state index contributed by atoms with van der Waals surface area (Å²) in [6, 6.07) is 11.6. The molecule has 2 aromatic rings. The molecule has 0 radical (unpaired) electrons. The molecule has 2 aromatic carbocycles. The van der Waals surface area contributed by atoms with Crippen molar-refractivity contribution in [2.24, 2.45) is 10.2 Å². The van der Waals surface area contributed by atoms with Crippen molar-refractivity contribution in [2.45, 2.75) is 90.9 Å². The van der Waals surface area contributed by atoms with Crippen LogP contribution in [0.4, 0.5) is 17.1 Å². The second kappa shape index (κ2) is 17.5. The summed E-state index contributed by atoms with van der Waals surface area (Å²) in [4.78, 5) is 10.4. The fraction of sp³-hybridized carbons (Fsp3) is 0.571. The largest absolute Gasteiger partial charge is 0.493 e. The Morgan fingerprint density at radius 1 is 0.714 bits per heavy atom. The van der Waals surface area contributed by atoms with Gasteiger partial charge in [-0.1, -0.05) is 78.1 Å². The van der Waals surface area contributed by atoms with Gasteiger partial charge in [0.15, 0.2) is 0 Å². The van der Waals surface area contributed by atoms with Gasteiger partial charge in [-0.05, 0) is 37.1 Å². The Morgan fingerprint density at radius 2 is 1.29 bits per heavy atom. The van der Waals surface area contributed by atoms with Gasteiger partial charge < -0.3 is 9.47 Å². The molecule has 7 heteroatoms. The zero-order valence-corrected chi connectivity index (χ0v) is 21.4. The Bertz CT molecular complexity index is 884. The number of unbranched alkanes of at least 4 members (excludes halogenated alkanes) is 10. The highest BCUT2D eigenvalue weighted by Crippen LogP contribution is 2.33. The van der Waals surface area contributed by atoms with Crippen molar-refractivity contribution < 1.29 is 14.4 Å². The molecule has 0 N–H and O–H groups in total. The third kappa shape index (κ3) is 11.8. The number of non-ortho nitro benzene ring substituents is 1. The van der Waals surface area contributed by atoms with Gasteiger partial charge in [-0.3, -0.25) is 10.1 Å². The van der Waals surface area contributed by atoms with Crippen molar-refractivity contribution in [2.75, 3.05) is 13.2 Å². The highest BCUT2D eigenvalue weighted by atomic mass is 16.6. The molecular formula is C28H41N3O4. The van der Waals surface area contributed by atoms with E-state index in [1.165, 1.54) is 69.9 Å². The smallest absolute Gasteiger partial charge is 0.269 e. The van der Waals surface area contributed by atoms with E-state index in [1.807, 2.05) is 18.2 Å². The van der Waals surface area contributed by atoms with Crippen LogP contribution < -0.4 is 9.47 Å². The summed E-state index contributed by atoms with van der Waals surface area (Å²) in [7, 11) is 0.